The molecule has 0 spiro atoms. The summed E-state index contributed by atoms with van der Waals surface area (Å²) in [4.78, 5) is 24.9. The molecule has 0 fully saturated rings. The molecular weight excluding hydrogens is 360 g/mol. The third-order valence-corrected chi connectivity index (χ3v) is 4.22. The molecule has 0 unspecified atom stereocenters. The number of rotatable bonds is 8. The van der Waals surface area contributed by atoms with Crippen LogP contribution in [-0.4, -0.2) is 22.3 Å². The van der Waals surface area contributed by atoms with Gasteiger partial charge >= 0.3 is 0 Å². The van der Waals surface area contributed by atoms with Crippen LogP contribution in [0, 0.1) is 17.0 Å². The Kier molecular flexibility index (Phi) is 6.06. The number of ether oxygens (including phenoxy) is 1. The van der Waals surface area contributed by atoms with Gasteiger partial charge < -0.3 is 14.1 Å². The zero-order chi connectivity index (χ0) is 19.9. The molecule has 144 valence electrons. The molecule has 2 aromatic carbocycles. The maximum atomic E-state index is 12.8. The first-order valence-electron chi connectivity index (χ1n) is 8.75. The number of hydrogen-bond acceptors (Lipinski definition) is 5. The molecule has 0 radical (unpaired) electrons. The van der Waals surface area contributed by atoms with E-state index in [1.807, 2.05) is 36.4 Å². The van der Waals surface area contributed by atoms with Gasteiger partial charge in [-0.05, 0) is 36.8 Å². The third-order valence-electron chi connectivity index (χ3n) is 4.22. The third kappa shape index (κ3) is 4.97. The molecule has 0 bridgehead atoms. The molecule has 1 heterocycles. The highest BCUT2D eigenvalue weighted by Gasteiger charge is 2.17. The Balaban J connectivity index is 1.68. The molecule has 7 heteroatoms. The molecule has 0 aliphatic heterocycles. The van der Waals surface area contributed by atoms with E-state index in [1.54, 1.807) is 30.2 Å². The standard InChI is InChI=1S/C21H20N2O5/c1-16-12-18(9-10-20(16)23(25)26)28-15-21(24)22(14-19-8-5-11-27-19)13-17-6-3-2-4-7-17/h2-12H,13-15H2,1H3. The summed E-state index contributed by atoms with van der Waals surface area (Å²) >= 11 is 0. The van der Waals surface area contributed by atoms with Gasteiger partial charge in [-0.25, -0.2) is 0 Å². The predicted molar refractivity (Wildman–Crippen MR) is 103 cm³/mol. The Morgan fingerprint density at radius 3 is 2.54 bits per heavy atom. The van der Waals surface area contributed by atoms with Crippen molar-refractivity contribution in [2.75, 3.05) is 6.61 Å². The van der Waals surface area contributed by atoms with Gasteiger partial charge in [0.05, 0.1) is 17.7 Å². The average Bonchev–Trinajstić information content (AvgIpc) is 3.19. The molecular formula is C21H20N2O5. The van der Waals surface area contributed by atoms with E-state index in [1.165, 1.54) is 12.1 Å². The Hall–Kier alpha value is -3.61. The normalized spacial score (nSPS) is 10.5. The van der Waals surface area contributed by atoms with Crippen molar-refractivity contribution >= 4 is 11.6 Å². The lowest BCUT2D eigenvalue weighted by Crippen LogP contribution is -2.34. The summed E-state index contributed by atoms with van der Waals surface area (Å²) in [7, 11) is 0. The molecule has 28 heavy (non-hydrogen) atoms. The Morgan fingerprint density at radius 2 is 1.89 bits per heavy atom. The fourth-order valence-electron chi connectivity index (χ4n) is 2.79. The first-order chi connectivity index (χ1) is 13.5. The molecule has 1 aromatic heterocycles. The van der Waals surface area contributed by atoms with Crippen molar-refractivity contribution in [3.63, 3.8) is 0 Å². The topological polar surface area (TPSA) is 85.8 Å². The summed E-state index contributed by atoms with van der Waals surface area (Å²) in [6.45, 7) is 2.20. The van der Waals surface area contributed by atoms with E-state index in [0.717, 1.165) is 5.56 Å². The van der Waals surface area contributed by atoms with E-state index < -0.39 is 4.92 Å². The maximum Gasteiger partial charge on any atom is 0.272 e. The van der Waals surface area contributed by atoms with Crippen LogP contribution in [0.1, 0.15) is 16.9 Å². The van der Waals surface area contributed by atoms with Crippen molar-refractivity contribution in [2.45, 2.75) is 20.0 Å². The van der Waals surface area contributed by atoms with Gasteiger partial charge in [-0.15, -0.1) is 0 Å². The summed E-state index contributed by atoms with van der Waals surface area (Å²) in [5.41, 5.74) is 1.49. The summed E-state index contributed by atoms with van der Waals surface area (Å²) in [5.74, 6) is 0.876. The summed E-state index contributed by atoms with van der Waals surface area (Å²) in [5, 5.41) is 10.9. The van der Waals surface area contributed by atoms with Crippen LogP contribution in [0.4, 0.5) is 5.69 Å². The molecule has 0 aliphatic carbocycles. The van der Waals surface area contributed by atoms with Crippen molar-refractivity contribution in [3.8, 4) is 5.75 Å². The number of carbonyl (C=O) groups excluding carboxylic acids is 1. The van der Waals surface area contributed by atoms with Crippen molar-refractivity contribution < 1.29 is 18.9 Å². The summed E-state index contributed by atoms with van der Waals surface area (Å²) in [6.07, 6.45) is 1.57. The number of amides is 1. The van der Waals surface area contributed by atoms with E-state index in [4.69, 9.17) is 9.15 Å². The molecule has 0 saturated carbocycles. The predicted octanol–water partition coefficient (Wildman–Crippen LogP) is 4.10. The number of furan rings is 1. The number of carbonyl (C=O) groups is 1. The Labute approximate surface area is 162 Å². The number of nitro groups is 1. The van der Waals surface area contributed by atoms with E-state index >= 15 is 0 Å². The van der Waals surface area contributed by atoms with Crippen LogP contribution < -0.4 is 4.74 Å². The number of nitrogens with zero attached hydrogens (tertiary/aromatic N) is 2. The molecule has 0 saturated heterocycles. The average molecular weight is 380 g/mol. The van der Waals surface area contributed by atoms with Gasteiger partial charge in [-0.1, -0.05) is 30.3 Å². The summed E-state index contributed by atoms with van der Waals surface area (Å²) in [6, 6.07) is 17.7. The highest BCUT2D eigenvalue weighted by molar-refractivity contribution is 5.77. The van der Waals surface area contributed by atoms with Crippen LogP contribution in [-0.2, 0) is 17.9 Å². The van der Waals surface area contributed by atoms with Gasteiger partial charge in [0, 0.05) is 18.2 Å². The van der Waals surface area contributed by atoms with Gasteiger partial charge in [0.25, 0.3) is 11.6 Å². The highest BCUT2D eigenvalue weighted by Crippen LogP contribution is 2.23. The van der Waals surface area contributed by atoms with E-state index in [0.29, 0.717) is 30.2 Å². The SMILES string of the molecule is Cc1cc(OCC(=O)N(Cc2ccccc2)Cc2ccco2)ccc1[N+](=O)[O-]. The van der Waals surface area contributed by atoms with Gasteiger partial charge in [-0.2, -0.15) is 0 Å². The minimum atomic E-state index is -0.449. The molecule has 3 aromatic rings. The second-order valence-electron chi connectivity index (χ2n) is 6.31. The number of nitro benzene ring substituents is 1. The van der Waals surface area contributed by atoms with E-state index in [-0.39, 0.29) is 18.2 Å². The first-order valence-corrected chi connectivity index (χ1v) is 8.75. The lowest BCUT2D eigenvalue weighted by Gasteiger charge is -2.22. The highest BCUT2D eigenvalue weighted by atomic mass is 16.6. The van der Waals surface area contributed by atoms with Crippen molar-refractivity contribution in [3.05, 3.63) is 93.9 Å². The zero-order valence-corrected chi connectivity index (χ0v) is 15.4. The fraction of sp³-hybridized carbons (Fsp3) is 0.190. The molecule has 7 nitrogen and oxygen atoms in total. The smallest absolute Gasteiger partial charge is 0.272 e. The van der Waals surface area contributed by atoms with Crippen LogP contribution in [0.5, 0.6) is 5.75 Å². The van der Waals surface area contributed by atoms with E-state index in [2.05, 4.69) is 0 Å². The zero-order valence-electron chi connectivity index (χ0n) is 15.4. The van der Waals surface area contributed by atoms with Gasteiger partial charge in [0.2, 0.25) is 0 Å². The lowest BCUT2D eigenvalue weighted by atomic mass is 10.2. The number of benzene rings is 2. The minimum Gasteiger partial charge on any atom is -0.484 e. The molecule has 3 rings (SSSR count). The quantitative estimate of drug-likeness (QED) is 0.434. The monoisotopic (exact) mass is 380 g/mol. The second kappa shape index (κ2) is 8.85. The fourth-order valence-corrected chi connectivity index (χ4v) is 2.79. The van der Waals surface area contributed by atoms with Gasteiger partial charge in [0.1, 0.15) is 11.5 Å². The molecule has 0 N–H and O–H groups in total. The Morgan fingerprint density at radius 1 is 1.11 bits per heavy atom. The van der Waals surface area contributed by atoms with Gasteiger partial charge in [0.15, 0.2) is 6.61 Å². The molecule has 0 aliphatic rings. The lowest BCUT2D eigenvalue weighted by molar-refractivity contribution is -0.385. The van der Waals surface area contributed by atoms with Crippen LogP contribution >= 0.6 is 0 Å². The number of aryl methyl sites for hydroxylation is 1. The van der Waals surface area contributed by atoms with Crippen molar-refractivity contribution in [1.82, 2.24) is 4.90 Å². The van der Waals surface area contributed by atoms with Crippen LogP contribution in [0.25, 0.3) is 0 Å². The van der Waals surface area contributed by atoms with Gasteiger partial charge in [-0.3, -0.25) is 14.9 Å². The molecule has 1 amide bonds. The van der Waals surface area contributed by atoms with E-state index in [9.17, 15) is 14.9 Å². The van der Waals surface area contributed by atoms with Crippen molar-refractivity contribution in [1.29, 1.82) is 0 Å². The van der Waals surface area contributed by atoms with Crippen LogP contribution in [0.15, 0.2) is 71.3 Å². The minimum absolute atomic E-state index is 0.0159. The number of hydrogen-bond donors (Lipinski definition) is 0. The first kappa shape index (κ1) is 19.2. The summed E-state index contributed by atoms with van der Waals surface area (Å²) < 4.78 is 10.9. The largest absolute Gasteiger partial charge is 0.484 e. The maximum absolute atomic E-state index is 12.8. The van der Waals surface area contributed by atoms with Crippen LogP contribution in [0.2, 0.25) is 0 Å². The molecule has 0 atom stereocenters. The van der Waals surface area contributed by atoms with Crippen LogP contribution in [0.3, 0.4) is 0 Å². The second-order valence-corrected chi connectivity index (χ2v) is 6.31. The van der Waals surface area contributed by atoms with Crippen molar-refractivity contribution in [2.24, 2.45) is 0 Å². The Bertz CT molecular complexity index is 939.